The Morgan fingerprint density at radius 1 is 0.914 bits per heavy atom. The van der Waals surface area contributed by atoms with E-state index in [2.05, 4.69) is 32.0 Å². The maximum atomic E-state index is 13.2. The van der Waals surface area contributed by atoms with Gasteiger partial charge in [-0.15, -0.1) is 0 Å². The topological polar surface area (TPSA) is 78.0 Å². The molecule has 2 aliphatic rings. The van der Waals surface area contributed by atoms with E-state index in [1.165, 1.54) is 25.7 Å². The summed E-state index contributed by atoms with van der Waals surface area (Å²) >= 11 is 0. The first-order valence-corrected chi connectivity index (χ1v) is 12.6. The highest BCUT2D eigenvalue weighted by Crippen LogP contribution is 2.25. The summed E-state index contributed by atoms with van der Waals surface area (Å²) in [6, 6.07) is 16.6. The molecule has 0 atom stereocenters. The molecular formula is C28H30N6O. The number of piperazine rings is 1. The summed E-state index contributed by atoms with van der Waals surface area (Å²) in [5.74, 6) is 0.847. The maximum Gasteiger partial charge on any atom is 0.270 e. The van der Waals surface area contributed by atoms with Crippen molar-refractivity contribution in [2.24, 2.45) is 0 Å². The Hall–Kier alpha value is -3.58. The monoisotopic (exact) mass is 466 g/mol. The summed E-state index contributed by atoms with van der Waals surface area (Å²) in [5, 5.41) is 1.04. The summed E-state index contributed by atoms with van der Waals surface area (Å²) in [7, 11) is 0. The third kappa shape index (κ3) is 4.68. The fourth-order valence-corrected chi connectivity index (χ4v) is 5.46. The highest BCUT2D eigenvalue weighted by molar-refractivity contribution is 5.98. The Balaban J connectivity index is 1.14. The molecule has 1 aliphatic heterocycles. The van der Waals surface area contributed by atoms with E-state index in [1.54, 1.807) is 12.4 Å². The molecule has 1 aliphatic carbocycles. The molecule has 178 valence electrons. The van der Waals surface area contributed by atoms with Gasteiger partial charge in [0.05, 0.1) is 11.4 Å². The van der Waals surface area contributed by atoms with Gasteiger partial charge in [-0.3, -0.25) is 14.7 Å². The van der Waals surface area contributed by atoms with Gasteiger partial charge in [-0.1, -0.05) is 25.0 Å². The molecule has 4 aromatic rings. The molecule has 1 N–H and O–H groups in total. The predicted octanol–water partition coefficient (Wildman–Crippen LogP) is 4.31. The number of hydrogen-bond donors (Lipinski definition) is 1. The average Bonchev–Trinajstić information content (AvgIpc) is 3.59. The van der Waals surface area contributed by atoms with Gasteiger partial charge in [-0.25, -0.2) is 9.97 Å². The van der Waals surface area contributed by atoms with Gasteiger partial charge in [-0.2, -0.15) is 0 Å². The zero-order valence-corrected chi connectivity index (χ0v) is 19.9. The molecule has 0 spiro atoms. The molecule has 35 heavy (non-hydrogen) atoms. The van der Waals surface area contributed by atoms with Crippen molar-refractivity contribution in [3.8, 4) is 11.4 Å². The zero-order chi connectivity index (χ0) is 23.6. The van der Waals surface area contributed by atoms with E-state index in [1.807, 2.05) is 41.3 Å². The third-order valence-electron chi connectivity index (χ3n) is 7.35. The second kappa shape index (κ2) is 9.58. The van der Waals surface area contributed by atoms with Crippen molar-refractivity contribution in [3.63, 3.8) is 0 Å². The SMILES string of the molecule is O=C(c1cc2cc(Cc3nccc(-c4ccccn4)n3)ccc2[nH]1)N1CCN(C2CCCC2)CC1. The van der Waals surface area contributed by atoms with E-state index in [9.17, 15) is 4.79 Å². The van der Waals surface area contributed by atoms with E-state index in [-0.39, 0.29) is 5.91 Å². The lowest BCUT2D eigenvalue weighted by Crippen LogP contribution is -2.51. The molecule has 7 nitrogen and oxygen atoms in total. The van der Waals surface area contributed by atoms with Gasteiger partial charge in [0.25, 0.3) is 5.91 Å². The first-order valence-electron chi connectivity index (χ1n) is 12.6. The summed E-state index contributed by atoms with van der Waals surface area (Å²) in [4.78, 5) is 34.7. The number of H-pyrrole nitrogens is 1. The van der Waals surface area contributed by atoms with Crippen LogP contribution >= 0.6 is 0 Å². The quantitative estimate of drug-likeness (QED) is 0.474. The maximum absolute atomic E-state index is 13.2. The smallest absolute Gasteiger partial charge is 0.270 e. The number of aromatic nitrogens is 4. The van der Waals surface area contributed by atoms with Gasteiger partial charge in [0, 0.05) is 61.9 Å². The average molecular weight is 467 g/mol. The van der Waals surface area contributed by atoms with Gasteiger partial charge in [-0.05, 0) is 54.8 Å². The van der Waals surface area contributed by atoms with E-state index >= 15 is 0 Å². The standard InChI is InChI=1S/C28H30N6O/c35-28(34-15-13-33(14-16-34)22-5-1-2-6-22)26-19-21-17-20(8-9-23(21)31-26)18-27-30-12-10-25(32-27)24-7-3-4-11-29-24/h3-4,7-12,17,19,22,31H,1-2,5-6,13-16,18H2. The van der Waals surface area contributed by atoms with Crippen LogP contribution in [0.3, 0.4) is 0 Å². The van der Waals surface area contributed by atoms with Crippen molar-refractivity contribution in [1.29, 1.82) is 0 Å². The van der Waals surface area contributed by atoms with Gasteiger partial charge >= 0.3 is 0 Å². The van der Waals surface area contributed by atoms with Crippen molar-refractivity contribution in [2.45, 2.75) is 38.1 Å². The van der Waals surface area contributed by atoms with Crippen LogP contribution in [-0.4, -0.2) is 67.9 Å². The highest BCUT2D eigenvalue weighted by atomic mass is 16.2. The number of rotatable bonds is 5. The summed E-state index contributed by atoms with van der Waals surface area (Å²) in [6.45, 7) is 3.58. The molecule has 1 amide bonds. The van der Waals surface area contributed by atoms with E-state index in [0.29, 0.717) is 12.1 Å². The molecule has 0 bridgehead atoms. The lowest BCUT2D eigenvalue weighted by Gasteiger charge is -2.37. The number of fused-ring (bicyclic) bond motifs is 1. The minimum Gasteiger partial charge on any atom is -0.351 e. The molecule has 0 radical (unpaired) electrons. The Morgan fingerprint density at radius 2 is 1.77 bits per heavy atom. The van der Waals surface area contributed by atoms with E-state index in [4.69, 9.17) is 4.98 Å². The van der Waals surface area contributed by atoms with Gasteiger partial charge in [0.15, 0.2) is 0 Å². The van der Waals surface area contributed by atoms with Crippen LogP contribution in [-0.2, 0) is 6.42 Å². The number of nitrogens with zero attached hydrogens (tertiary/aromatic N) is 5. The fourth-order valence-electron chi connectivity index (χ4n) is 5.46. The second-order valence-corrected chi connectivity index (χ2v) is 9.62. The number of amides is 1. The number of benzene rings is 1. The molecule has 7 heteroatoms. The predicted molar refractivity (Wildman–Crippen MR) is 136 cm³/mol. The molecule has 1 saturated carbocycles. The first kappa shape index (κ1) is 21.9. The van der Waals surface area contributed by atoms with Gasteiger partial charge < -0.3 is 9.88 Å². The van der Waals surface area contributed by atoms with Gasteiger partial charge in [0.1, 0.15) is 11.5 Å². The lowest BCUT2D eigenvalue weighted by atomic mass is 10.1. The summed E-state index contributed by atoms with van der Waals surface area (Å²) in [5.41, 5.74) is 4.41. The van der Waals surface area contributed by atoms with Crippen molar-refractivity contribution in [3.05, 3.63) is 78.0 Å². The Labute approximate surface area is 205 Å². The van der Waals surface area contributed by atoms with Crippen LogP contribution in [0.25, 0.3) is 22.3 Å². The van der Waals surface area contributed by atoms with E-state index < -0.39 is 0 Å². The lowest BCUT2D eigenvalue weighted by molar-refractivity contribution is 0.0569. The highest BCUT2D eigenvalue weighted by Gasteiger charge is 2.28. The molecule has 6 rings (SSSR count). The molecular weight excluding hydrogens is 436 g/mol. The van der Waals surface area contributed by atoms with Crippen LogP contribution in [0, 0.1) is 0 Å². The Kier molecular flexibility index (Phi) is 6.00. The van der Waals surface area contributed by atoms with Crippen LogP contribution in [0.15, 0.2) is 60.9 Å². The number of pyridine rings is 1. The molecule has 1 aromatic carbocycles. The largest absolute Gasteiger partial charge is 0.351 e. The van der Waals surface area contributed by atoms with Crippen LogP contribution in [0.4, 0.5) is 0 Å². The van der Waals surface area contributed by atoms with Crippen molar-refractivity contribution < 1.29 is 4.79 Å². The molecule has 2 fully saturated rings. The molecule has 3 aromatic heterocycles. The molecule has 1 saturated heterocycles. The fraction of sp³-hybridized carbons (Fsp3) is 0.357. The number of hydrogen-bond acceptors (Lipinski definition) is 5. The number of nitrogens with one attached hydrogen (secondary N) is 1. The van der Waals surface area contributed by atoms with Crippen molar-refractivity contribution >= 4 is 16.8 Å². The van der Waals surface area contributed by atoms with Crippen molar-refractivity contribution in [2.75, 3.05) is 26.2 Å². The summed E-state index contributed by atoms with van der Waals surface area (Å²) in [6.07, 6.45) is 9.50. The van der Waals surface area contributed by atoms with Crippen LogP contribution < -0.4 is 0 Å². The van der Waals surface area contributed by atoms with Crippen LogP contribution in [0.5, 0.6) is 0 Å². The molecule has 4 heterocycles. The number of carbonyl (C=O) groups is 1. The number of aromatic amines is 1. The Bertz CT molecular complexity index is 1320. The minimum absolute atomic E-state index is 0.0974. The second-order valence-electron chi connectivity index (χ2n) is 9.62. The third-order valence-corrected chi connectivity index (χ3v) is 7.35. The van der Waals surface area contributed by atoms with E-state index in [0.717, 1.165) is 65.9 Å². The van der Waals surface area contributed by atoms with Crippen molar-refractivity contribution in [1.82, 2.24) is 29.7 Å². The Morgan fingerprint density at radius 3 is 2.57 bits per heavy atom. The first-order chi connectivity index (χ1) is 17.2. The van der Waals surface area contributed by atoms with Crippen LogP contribution in [0.1, 0.15) is 47.6 Å². The molecule has 0 unspecified atom stereocenters. The zero-order valence-electron chi connectivity index (χ0n) is 19.9. The number of carbonyl (C=O) groups excluding carboxylic acids is 1. The summed E-state index contributed by atoms with van der Waals surface area (Å²) < 4.78 is 0. The normalized spacial score (nSPS) is 17.3. The van der Waals surface area contributed by atoms with Gasteiger partial charge in [0.2, 0.25) is 0 Å². The minimum atomic E-state index is 0.0974. The van der Waals surface area contributed by atoms with Crippen LogP contribution in [0.2, 0.25) is 0 Å².